The number of carbonyl (C=O) groups excluding carboxylic acids is 1. The third-order valence-corrected chi connectivity index (χ3v) is 4.30. The second-order valence-electron chi connectivity index (χ2n) is 4.85. The number of rotatable bonds is 7. The number of hydrogen-bond donors (Lipinski definition) is 1. The first-order valence-electron chi connectivity index (χ1n) is 7.01. The Bertz CT molecular complexity index is 377. The van der Waals surface area contributed by atoms with E-state index in [0.29, 0.717) is 5.75 Å². The lowest BCUT2D eigenvalue weighted by Gasteiger charge is -2.14. The molecule has 104 valence electrons. The molecule has 0 aromatic heterocycles. The number of hydrogen-bond acceptors (Lipinski definition) is 3. The van der Waals surface area contributed by atoms with Crippen molar-refractivity contribution >= 4 is 17.7 Å². The zero-order valence-electron chi connectivity index (χ0n) is 11.3. The van der Waals surface area contributed by atoms with Crippen molar-refractivity contribution in [1.29, 1.82) is 0 Å². The number of nitrogens with zero attached hydrogens (tertiary/aromatic N) is 1. The first-order valence-corrected chi connectivity index (χ1v) is 8.00. The first-order chi connectivity index (χ1) is 9.34. The molecule has 0 saturated carbocycles. The molecule has 1 fully saturated rings. The average Bonchev–Trinajstić information content (AvgIpc) is 2.96. The second kappa shape index (κ2) is 8.23. The molecular formula is C15H22N2OS. The third kappa shape index (κ3) is 5.66. The Kier molecular flexibility index (Phi) is 6.24. The highest BCUT2D eigenvalue weighted by molar-refractivity contribution is 8.00. The van der Waals surface area contributed by atoms with E-state index in [1.807, 2.05) is 30.3 Å². The van der Waals surface area contributed by atoms with E-state index < -0.39 is 0 Å². The van der Waals surface area contributed by atoms with E-state index in [9.17, 15) is 4.79 Å². The highest BCUT2D eigenvalue weighted by Crippen LogP contribution is 2.16. The summed E-state index contributed by atoms with van der Waals surface area (Å²) in [6.07, 6.45) is 3.72. The number of amides is 1. The maximum Gasteiger partial charge on any atom is 0.230 e. The van der Waals surface area contributed by atoms with Gasteiger partial charge in [0.25, 0.3) is 0 Å². The van der Waals surface area contributed by atoms with Crippen LogP contribution in [0.2, 0.25) is 0 Å². The summed E-state index contributed by atoms with van der Waals surface area (Å²) in [6.45, 7) is 4.38. The Morgan fingerprint density at radius 2 is 1.95 bits per heavy atom. The molecule has 0 aliphatic carbocycles. The van der Waals surface area contributed by atoms with E-state index in [1.54, 1.807) is 11.8 Å². The van der Waals surface area contributed by atoms with Crippen molar-refractivity contribution in [1.82, 2.24) is 10.2 Å². The predicted molar refractivity (Wildman–Crippen MR) is 80.5 cm³/mol. The molecule has 1 aliphatic rings. The summed E-state index contributed by atoms with van der Waals surface area (Å²) in [5.74, 6) is 0.642. The summed E-state index contributed by atoms with van der Waals surface area (Å²) in [5, 5.41) is 2.99. The SMILES string of the molecule is O=C(CSc1ccccc1)NCCCN1CCCC1. The zero-order chi connectivity index (χ0) is 13.3. The van der Waals surface area contributed by atoms with Gasteiger partial charge in [0.2, 0.25) is 5.91 Å². The summed E-state index contributed by atoms with van der Waals surface area (Å²) in [6, 6.07) is 10.0. The van der Waals surface area contributed by atoms with Crippen LogP contribution in [0.5, 0.6) is 0 Å². The van der Waals surface area contributed by atoms with Gasteiger partial charge in [-0.1, -0.05) is 18.2 Å². The van der Waals surface area contributed by atoms with Crippen LogP contribution in [-0.4, -0.2) is 42.7 Å². The third-order valence-electron chi connectivity index (χ3n) is 3.29. The molecule has 0 unspecified atom stereocenters. The van der Waals surface area contributed by atoms with E-state index in [1.165, 1.54) is 25.9 Å². The molecular weight excluding hydrogens is 256 g/mol. The minimum Gasteiger partial charge on any atom is -0.355 e. The molecule has 3 nitrogen and oxygen atoms in total. The standard InChI is InChI=1S/C15H22N2OS/c18-15(13-19-14-7-2-1-3-8-14)16-9-6-12-17-10-4-5-11-17/h1-3,7-8H,4-6,9-13H2,(H,16,18). The van der Waals surface area contributed by atoms with E-state index in [2.05, 4.69) is 10.2 Å². The minimum atomic E-state index is 0.135. The summed E-state index contributed by atoms with van der Waals surface area (Å²) < 4.78 is 0. The van der Waals surface area contributed by atoms with Crippen molar-refractivity contribution in [2.24, 2.45) is 0 Å². The second-order valence-corrected chi connectivity index (χ2v) is 5.90. The first kappa shape index (κ1) is 14.4. The molecule has 19 heavy (non-hydrogen) atoms. The molecule has 1 heterocycles. The van der Waals surface area contributed by atoms with Crippen LogP contribution in [0.1, 0.15) is 19.3 Å². The van der Waals surface area contributed by atoms with Crippen LogP contribution in [0.25, 0.3) is 0 Å². The average molecular weight is 278 g/mol. The topological polar surface area (TPSA) is 32.3 Å². The van der Waals surface area contributed by atoms with Gasteiger partial charge < -0.3 is 10.2 Å². The van der Waals surface area contributed by atoms with Gasteiger partial charge in [-0.05, 0) is 51.0 Å². The molecule has 0 bridgehead atoms. The van der Waals surface area contributed by atoms with Gasteiger partial charge >= 0.3 is 0 Å². The molecule has 1 amide bonds. The fourth-order valence-electron chi connectivity index (χ4n) is 2.25. The highest BCUT2D eigenvalue weighted by Gasteiger charge is 2.10. The highest BCUT2D eigenvalue weighted by atomic mass is 32.2. The molecule has 1 aliphatic heterocycles. The molecule has 0 spiro atoms. The molecule has 2 rings (SSSR count). The van der Waals surface area contributed by atoms with Crippen molar-refractivity contribution in [2.75, 3.05) is 31.9 Å². The number of likely N-dealkylation sites (tertiary alicyclic amines) is 1. The Morgan fingerprint density at radius 3 is 2.68 bits per heavy atom. The van der Waals surface area contributed by atoms with Crippen molar-refractivity contribution in [3.63, 3.8) is 0 Å². The van der Waals surface area contributed by atoms with E-state index in [-0.39, 0.29) is 5.91 Å². The monoisotopic (exact) mass is 278 g/mol. The van der Waals surface area contributed by atoms with E-state index >= 15 is 0 Å². The largest absolute Gasteiger partial charge is 0.355 e. The zero-order valence-corrected chi connectivity index (χ0v) is 12.1. The number of thioether (sulfide) groups is 1. The van der Waals surface area contributed by atoms with Gasteiger partial charge in [-0.25, -0.2) is 0 Å². The van der Waals surface area contributed by atoms with Gasteiger partial charge in [-0.2, -0.15) is 0 Å². The van der Waals surface area contributed by atoms with Gasteiger partial charge in [0.15, 0.2) is 0 Å². The summed E-state index contributed by atoms with van der Waals surface area (Å²) in [4.78, 5) is 15.3. The van der Waals surface area contributed by atoms with E-state index in [4.69, 9.17) is 0 Å². The Hall–Kier alpha value is -1.00. The molecule has 0 radical (unpaired) electrons. The van der Waals surface area contributed by atoms with Crippen molar-refractivity contribution in [3.8, 4) is 0 Å². The van der Waals surface area contributed by atoms with Crippen LogP contribution in [0.15, 0.2) is 35.2 Å². The Labute approximate surface area is 119 Å². The summed E-state index contributed by atoms with van der Waals surface area (Å²) in [5.41, 5.74) is 0. The fourth-order valence-corrected chi connectivity index (χ4v) is 3.00. The number of nitrogens with one attached hydrogen (secondary N) is 1. The number of carbonyl (C=O) groups is 1. The minimum absolute atomic E-state index is 0.135. The normalized spacial score (nSPS) is 15.6. The smallest absolute Gasteiger partial charge is 0.230 e. The molecule has 1 saturated heterocycles. The van der Waals surface area contributed by atoms with Crippen molar-refractivity contribution in [2.45, 2.75) is 24.2 Å². The van der Waals surface area contributed by atoms with Crippen LogP contribution >= 0.6 is 11.8 Å². The van der Waals surface area contributed by atoms with Crippen LogP contribution in [0.4, 0.5) is 0 Å². The lowest BCUT2D eigenvalue weighted by atomic mass is 10.4. The maximum absolute atomic E-state index is 11.7. The Balaban J connectivity index is 1.52. The lowest BCUT2D eigenvalue weighted by Crippen LogP contribution is -2.29. The quantitative estimate of drug-likeness (QED) is 0.614. The summed E-state index contributed by atoms with van der Waals surface area (Å²) >= 11 is 1.59. The van der Waals surface area contributed by atoms with E-state index in [0.717, 1.165) is 24.4 Å². The van der Waals surface area contributed by atoms with Crippen molar-refractivity contribution < 1.29 is 4.79 Å². The van der Waals surface area contributed by atoms with Crippen molar-refractivity contribution in [3.05, 3.63) is 30.3 Å². The number of benzene rings is 1. The van der Waals surface area contributed by atoms with Crippen LogP contribution in [0.3, 0.4) is 0 Å². The maximum atomic E-state index is 11.7. The van der Waals surface area contributed by atoms with Gasteiger partial charge in [0, 0.05) is 11.4 Å². The molecule has 1 aromatic rings. The van der Waals surface area contributed by atoms with Gasteiger partial charge in [-0.15, -0.1) is 11.8 Å². The molecule has 0 atom stereocenters. The Morgan fingerprint density at radius 1 is 1.21 bits per heavy atom. The van der Waals surface area contributed by atoms with Crippen LogP contribution < -0.4 is 5.32 Å². The molecule has 4 heteroatoms. The molecule has 1 N–H and O–H groups in total. The predicted octanol–water partition coefficient (Wildman–Crippen LogP) is 2.38. The lowest BCUT2D eigenvalue weighted by molar-refractivity contribution is -0.118. The molecule has 1 aromatic carbocycles. The van der Waals surface area contributed by atoms with Crippen LogP contribution in [0, 0.1) is 0 Å². The van der Waals surface area contributed by atoms with Gasteiger partial charge in [0.05, 0.1) is 5.75 Å². The summed E-state index contributed by atoms with van der Waals surface area (Å²) in [7, 11) is 0. The van der Waals surface area contributed by atoms with Crippen LogP contribution in [-0.2, 0) is 4.79 Å². The van der Waals surface area contributed by atoms with Gasteiger partial charge in [-0.3, -0.25) is 4.79 Å². The fraction of sp³-hybridized carbons (Fsp3) is 0.533. The van der Waals surface area contributed by atoms with Gasteiger partial charge in [0.1, 0.15) is 0 Å².